The second-order valence-corrected chi connectivity index (χ2v) is 5.53. The summed E-state index contributed by atoms with van der Waals surface area (Å²) in [6.07, 6.45) is -2.84. The van der Waals surface area contributed by atoms with Crippen LogP contribution in [0.25, 0.3) is 0 Å². The number of carbonyl (C=O) groups is 2. The van der Waals surface area contributed by atoms with Crippen LogP contribution in [0.5, 0.6) is 0 Å². The first-order valence-electron chi connectivity index (χ1n) is 7.93. The van der Waals surface area contributed by atoms with Gasteiger partial charge in [0.1, 0.15) is 6.54 Å². The largest absolute Gasteiger partial charge is 0.416 e. The van der Waals surface area contributed by atoms with E-state index in [0.717, 1.165) is 25.0 Å². The van der Waals surface area contributed by atoms with Gasteiger partial charge in [0.2, 0.25) is 11.8 Å². The summed E-state index contributed by atoms with van der Waals surface area (Å²) in [6, 6.07) is 4.24. The number of benzene rings is 1. The van der Waals surface area contributed by atoms with Crippen LogP contribution in [-0.4, -0.2) is 36.3 Å². The molecule has 0 bridgehead atoms. The molecule has 2 amide bonds. The summed E-state index contributed by atoms with van der Waals surface area (Å²) in [7, 11) is 0. The Balaban J connectivity index is 2.94. The number of carbonyl (C=O) groups excluding carboxylic acids is 2. The Kier molecular flexibility index (Phi) is 7.25. The average Bonchev–Trinajstić information content (AvgIpc) is 2.51. The van der Waals surface area contributed by atoms with E-state index in [1.165, 1.54) is 24.0 Å². The van der Waals surface area contributed by atoms with E-state index in [1.807, 2.05) is 13.8 Å². The maximum Gasteiger partial charge on any atom is 0.416 e. The van der Waals surface area contributed by atoms with Gasteiger partial charge in [0.25, 0.3) is 0 Å². The molecule has 0 aliphatic rings. The Labute approximate surface area is 140 Å². The number of anilines is 1. The molecule has 1 aromatic carbocycles. The highest BCUT2D eigenvalue weighted by atomic mass is 19.4. The smallest absolute Gasteiger partial charge is 0.341 e. The molecular weight excluding hydrogens is 321 g/mol. The molecule has 0 N–H and O–H groups in total. The zero-order valence-corrected chi connectivity index (χ0v) is 14.2. The molecule has 134 valence electrons. The number of hydrogen-bond donors (Lipinski definition) is 0. The first-order chi connectivity index (χ1) is 11.2. The van der Waals surface area contributed by atoms with E-state index >= 15 is 0 Å². The molecule has 1 rings (SSSR count). The van der Waals surface area contributed by atoms with E-state index in [9.17, 15) is 22.8 Å². The van der Waals surface area contributed by atoms with Crippen LogP contribution in [-0.2, 0) is 15.8 Å². The number of halogens is 3. The molecule has 0 fully saturated rings. The number of alkyl halides is 3. The van der Waals surface area contributed by atoms with Gasteiger partial charge in [-0.1, -0.05) is 13.8 Å². The van der Waals surface area contributed by atoms with Gasteiger partial charge >= 0.3 is 6.18 Å². The van der Waals surface area contributed by atoms with Gasteiger partial charge in [-0.05, 0) is 37.1 Å². The Bertz CT molecular complexity index is 550. The lowest BCUT2D eigenvalue weighted by molar-refractivity contribution is -0.137. The topological polar surface area (TPSA) is 40.6 Å². The Morgan fingerprint density at radius 1 is 1.00 bits per heavy atom. The quantitative estimate of drug-likeness (QED) is 0.757. The third-order valence-electron chi connectivity index (χ3n) is 3.52. The molecule has 0 heterocycles. The molecule has 0 saturated carbocycles. The summed E-state index contributed by atoms with van der Waals surface area (Å²) >= 11 is 0. The molecule has 0 aromatic heterocycles. The fourth-order valence-corrected chi connectivity index (χ4v) is 2.35. The van der Waals surface area contributed by atoms with E-state index in [4.69, 9.17) is 0 Å². The Morgan fingerprint density at radius 2 is 1.50 bits per heavy atom. The van der Waals surface area contributed by atoms with Gasteiger partial charge in [-0.25, -0.2) is 0 Å². The second kappa shape index (κ2) is 8.70. The van der Waals surface area contributed by atoms with Crippen LogP contribution in [0.4, 0.5) is 18.9 Å². The summed E-state index contributed by atoms with van der Waals surface area (Å²) in [6.45, 7) is 6.19. The van der Waals surface area contributed by atoms with Crippen molar-refractivity contribution in [1.82, 2.24) is 4.90 Å². The van der Waals surface area contributed by atoms with Crippen molar-refractivity contribution in [2.45, 2.75) is 39.8 Å². The molecule has 0 spiro atoms. The highest BCUT2D eigenvalue weighted by Gasteiger charge is 2.30. The molecule has 7 heteroatoms. The van der Waals surface area contributed by atoms with Crippen molar-refractivity contribution >= 4 is 17.5 Å². The van der Waals surface area contributed by atoms with Gasteiger partial charge < -0.3 is 9.80 Å². The van der Waals surface area contributed by atoms with Gasteiger partial charge in [0.05, 0.1) is 5.56 Å². The average molecular weight is 344 g/mol. The molecule has 0 radical (unpaired) electrons. The van der Waals surface area contributed by atoms with Crippen LogP contribution in [0.2, 0.25) is 0 Å². The lowest BCUT2D eigenvalue weighted by Gasteiger charge is -2.27. The van der Waals surface area contributed by atoms with Crippen molar-refractivity contribution in [1.29, 1.82) is 0 Å². The Morgan fingerprint density at radius 3 is 1.88 bits per heavy atom. The molecule has 1 aromatic rings. The van der Waals surface area contributed by atoms with E-state index in [0.29, 0.717) is 13.1 Å². The van der Waals surface area contributed by atoms with Crippen molar-refractivity contribution < 1.29 is 22.8 Å². The molecule has 4 nitrogen and oxygen atoms in total. The summed E-state index contributed by atoms with van der Waals surface area (Å²) in [4.78, 5) is 27.1. The van der Waals surface area contributed by atoms with Gasteiger partial charge in [-0.3, -0.25) is 9.59 Å². The molecule has 0 saturated heterocycles. The van der Waals surface area contributed by atoms with Crippen LogP contribution in [0.15, 0.2) is 24.3 Å². The second-order valence-electron chi connectivity index (χ2n) is 5.53. The number of hydrogen-bond acceptors (Lipinski definition) is 2. The van der Waals surface area contributed by atoms with Crippen molar-refractivity contribution in [3.63, 3.8) is 0 Å². The fourth-order valence-electron chi connectivity index (χ4n) is 2.35. The zero-order valence-electron chi connectivity index (χ0n) is 14.2. The van der Waals surface area contributed by atoms with Crippen LogP contribution in [0, 0.1) is 0 Å². The number of amides is 2. The minimum Gasteiger partial charge on any atom is -0.341 e. The highest BCUT2D eigenvalue weighted by Crippen LogP contribution is 2.30. The van der Waals surface area contributed by atoms with Crippen LogP contribution >= 0.6 is 0 Å². The standard InChI is InChI=1S/C17H23F3N2O2/c1-4-10-21(11-5-2)16(24)12-22(13(3)23)15-8-6-14(7-9-15)17(18,19)20/h6-9H,4-5,10-12H2,1-3H3. The van der Waals surface area contributed by atoms with Gasteiger partial charge in [-0.15, -0.1) is 0 Å². The summed E-state index contributed by atoms with van der Waals surface area (Å²) in [5.41, 5.74) is -0.517. The lowest BCUT2D eigenvalue weighted by Crippen LogP contribution is -2.43. The van der Waals surface area contributed by atoms with Crippen LogP contribution in [0.3, 0.4) is 0 Å². The Hall–Kier alpha value is -2.05. The van der Waals surface area contributed by atoms with Gasteiger partial charge in [0.15, 0.2) is 0 Å². The normalized spacial score (nSPS) is 11.2. The summed E-state index contributed by atoms with van der Waals surface area (Å²) in [5, 5.41) is 0. The third kappa shape index (κ3) is 5.54. The SMILES string of the molecule is CCCN(CCC)C(=O)CN(C(C)=O)c1ccc(C(F)(F)F)cc1. The maximum atomic E-state index is 12.6. The molecular formula is C17H23F3N2O2. The van der Waals surface area contributed by atoms with Crippen molar-refractivity contribution in [3.8, 4) is 0 Å². The molecule has 24 heavy (non-hydrogen) atoms. The molecule has 0 aliphatic heterocycles. The maximum absolute atomic E-state index is 12.6. The zero-order chi connectivity index (χ0) is 18.3. The van der Waals surface area contributed by atoms with E-state index in [-0.39, 0.29) is 18.1 Å². The minimum absolute atomic E-state index is 0.180. The lowest BCUT2D eigenvalue weighted by atomic mass is 10.2. The van der Waals surface area contributed by atoms with Crippen molar-refractivity contribution in [2.24, 2.45) is 0 Å². The van der Waals surface area contributed by atoms with E-state index in [1.54, 1.807) is 4.90 Å². The predicted molar refractivity (Wildman–Crippen MR) is 86.6 cm³/mol. The fraction of sp³-hybridized carbons (Fsp3) is 0.529. The van der Waals surface area contributed by atoms with E-state index in [2.05, 4.69) is 0 Å². The van der Waals surface area contributed by atoms with Crippen LogP contribution in [0.1, 0.15) is 39.2 Å². The third-order valence-corrected chi connectivity index (χ3v) is 3.52. The van der Waals surface area contributed by atoms with Gasteiger partial charge in [0, 0.05) is 25.7 Å². The number of rotatable bonds is 7. The predicted octanol–water partition coefficient (Wildman–Crippen LogP) is 3.71. The number of nitrogens with zero attached hydrogens (tertiary/aromatic N) is 2. The van der Waals surface area contributed by atoms with Crippen molar-refractivity contribution in [2.75, 3.05) is 24.5 Å². The monoisotopic (exact) mass is 344 g/mol. The van der Waals surface area contributed by atoms with Crippen LogP contribution < -0.4 is 4.90 Å². The van der Waals surface area contributed by atoms with E-state index < -0.39 is 17.6 Å². The summed E-state index contributed by atoms with van der Waals surface area (Å²) in [5.74, 6) is -0.607. The van der Waals surface area contributed by atoms with Crippen molar-refractivity contribution in [3.05, 3.63) is 29.8 Å². The minimum atomic E-state index is -4.44. The first kappa shape index (κ1) is 20.0. The molecule has 0 unspecified atom stereocenters. The highest BCUT2D eigenvalue weighted by molar-refractivity contribution is 5.97. The molecule has 0 atom stereocenters. The molecule has 0 aliphatic carbocycles. The first-order valence-corrected chi connectivity index (χ1v) is 7.93. The van der Waals surface area contributed by atoms with Gasteiger partial charge in [-0.2, -0.15) is 13.2 Å². The summed E-state index contributed by atoms with van der Waals surface area (Å²) < 4.78 is 37.9.